The highest BCUT2D eigenvalue weighted by molar-refractivity contribution is 6.42. The quantitative estimate of drug-likeness (QED) is 0.348. The first-order valence-corrected chi connectivity index (χ1v) is 16.1. The van der Waals surface area contributed by atoms with Crippen molar-refractivity contribution in [3.63, 3.8) is 0 Å². The molecule has 0 radical (unpaired) electrons. The Bertz CT molecular complexity index is 1440. The number of aromatic nitrogens is 1. The molecular weight excluding hydrogens is 610 g/mol. The molecule has 2 fully saturated rings. The zero-order valence-electron chi connectivity index (χ0n) is 27.4. The van der Waals surface area contributed by atoms with E-state index in [1.54, 1.807) is 43.0 Å². The number of ether oxygens (including phenoxy) is 1. The minimum atomic E-state index is -3.93. The third-order valence-electron chi connectivity index (χ3n) is 8.93. The molecule has 1 aliphatic heterocycles. The molecule has 1 saturated heterocycles. The van der Waals surface area contributed by atoms with Crippen molar-refractivity contribution in [2.45, 2.75) is 70.3 Å². The van der Waals surface area contributed by atoms with Crippen molar-refractivity contribution < 1.29 is 32.7 Å². The molecule has 254 valence electrons. The second-order valence-corrected chi connectivity index (χ2v) is 12.2. The predicted molar refractivity (Wildman–Crippen MR) is 173 cm³/mol. The van der Waals surface area contributed by atoms with Gasteiger partial charge in [-0.3, -0.25) is 19.2 Å². The number of halogens is 2. The minimum absolute atomic E-state index is 0.129. The molecule has 0 spiro atoms. The molecule has 4 rings (SSSR count). The molecule has 1 aromatic heterocycles. The van der Waals surface area contributed by atoms with Crippen LogP contribution in [0.15, 0.2) is 47.6 Å². The van der Waals surface area contributed by atoms with Crippen molar-refractivity contribution in [1.29, 1.82) is 0 Å². The molecule has 1 aromatic carbocycles. The number of carbonyl (C=O) groups is 4. The van der Waals surface area contributed by atoms with Crippen LogP contribution in [-0.4, -0.2) is 90.5 Å². The molecule has 0 unspecified atom stereocenters. The lowest BCUT2D eigenvalue weighted by Crippen LogP contribution is -2.52. The summed E-state index contributed by atoms with van der Waals surface area (Å²) in [7, 11) is 3.34. The van der Waals surface area contributed by atoms with E-state index in [4.69, 9.17) is 4.74 Å². The number of nitrogens with zero attached hydrogens (tertiary/aromatic N) is 4. The first-order chi connectivity index (χ1) is 22.4. The molecule has 2 N–H and O–H groups in total. The van der Waals surface area contributed by atoms with Gasteiger partial charge in [-0.1, -0.05) is 45.2 Å². The normalized spacial score (nSPS) is 17.8. The van der Waals surface area contributed by atoms with Crippen LogP contribution in [0.3, 0.4) is 0 Å². The van der Waals surface area contributed by atoms with Crippen LogP contribution in [0.5, 0.6) is 5.88 Å². The fourth-order valence-corrected chi connectivity index (χ4v) is 5.86. The molecule has 47 heavy (non-hydrogen) atoms. The van der Waals surface area contributed by atoms with Gasteiger partial charge in [0.25, 0.3) is 11.8 Å². The smallest absolute Gasteiger partial charge is 0.351 e. The molecule has 4 amide bonds. The summed E-state index contributed by atoms with van der Waals surface area (Å²) >= 11 is 0. The fourth-order valence-electron chi connectivity index (χ4n) is 5.86. The molecular formula is C34H44F2N6O5. The third kappa shape index (κ3) is 8.97. The molecule has 0 bridgehead atoms. The monoisotopic (exact) mass is 654 g/mol. The van der Waals surface area contributed by atoms with Gasteiger partial charge < -0.3 is 25.2 Å². The number of hydrogen-bond acceptors (Lipinski definition) is 7. The number of nitrogens with one attached hydrogen (secondary N) is 2. The molecule has 2 aliphatic rings. The van der Waals surface area contributed by atoms with Gasteiger partial charge in [0, 0.05) is 62.0 Å². The highest BCUT2D eigenvalue weighted by atomic mass is 19.3. The summed E-state index contributed by atoms with van der Waals surface area (Å²) in [4.78, 5) is 64.1. The highest BCUT2D eigenvalue weighted by Gasteiger charge is 2.44. The van der Waals surface area contributed by atoms with Crippen LogP contribution in [-0.2, 0) is 25.1 Å². The van der Waals surface area contributed by atoms with Crippen LogP contribution in [0.25, 0.3) is 0 Å². The summed E-state index contributed by atoms with van der Waals surface area (Å²) in [5, 5.41) is 5.11. The van der Waals surface area contributed by atoms with E-state index in [-0.39, 0.29) is 35.7 Å². The fraction of sp³-hybridized carbons (Fsp3) is 0.529. The maximum Gasteiger partial charge on any atom is 0.351 e. The van der Waals surface area contributed by atoms with E-state index < -0.39 is 35.3 Å². The number of anilines is 1. The second kappa shape index (κ2) is 16.0. The Balaban J connectivity index is 1.49. The molecule has 2 heterocycles. The van der Waals surface area contributed by atoms with Crippen LogP contribution in [0.2, 0.25) is 0 Å². The largest absolute Gasteiger partial charge is 0.481 e. The molecule has 11 nitrogen and oxygen atoms in total. The Morgan fingerprint density at radius 1 is 1.02 bits per heavy atom. The third-order valence-corrected chi connectivity index (χ3v) is 8.93. The number of benzene rings is 1. The number of pyridine rings is 1. The first-order valence-electron chi connectivity index (χ1n) is 16.1. The van der Waals surface area contributed by atoms with E-state index in [0.717, 1.165) is 44.6 Å². The van der Waals surface area contributed by atoms with E-state index in [1.807, 2.05) is 7.05 Å². The summed E-state index contributed by atoms with van der Waals surface area (Å²) < 4.78 is 35.3. The molecule has 2 aromatic rings. The number of amides is 4. The SMILES string of the molecule is CCC(=O)N=C(C(=O)N1CCN(C)CC1)[C@@H](C)c1ccc(NC(=O)[C@@H](NC(=O)C(F)(F)c2ccc(OC)nc2)C2CCCCC2)cc1. The number of hydrogen-bond donors (Lipinski definition) is 2. The van der Waals surface area contributed by atoms with E-state index >= 15 is 8.78 Å². The van der Waals surface area contributed by atoms with E-state index in [1.165, 1.54) is 13.2 Å². The summed E-state index contributed by atoms with van der Waals surface area (Å²) in [5.41, 5.74) is 0.642. The lowest BCUT2D eigenvalue weighted by molar-refractivity contribution is -0.149. The molecule has 1 saturated carbocycles. The zero-order valence-corrected chi connectivity index (χ0v) is 27.4. The number of likely N-dealkylation sites (N-methyl/N-ethyl adjacent to an activating group) is 1. The topological polar surface area (TPSA) is 133 Å². The van der Waals surface area contributed by atoms with Gasteiger partial charge in [0.1, 0.15) is 11.8 Å². The molecule has 1 aliphatic carbocycles. The Kier molecular flexibility index (Phi) is 12.1. The van der Waals surface area contributed by atoms with Gasteiger partial charge in [0.15, 0.2) is 0 Å². The Hall–Kier alpha value is -4.26. The predicted octanol–water partition coefficient (Wildman–Crippen LogP) is 4.14. The number of rotatable bonds is 11. The van der Waals surface area contributed by atoms with Crippen LogP contribution in [0.4, 0.5) is 14.5 Å². The van der Waals surface area contributed by atoms with Gasteiger partial charge in [-0.05, 0) is 49.6 Å². The number of methoxy groups -OCH3 is 1. The molecule has 2 atom stereocenters. The van der Waals surface area contributed by atoms with Gasteiger partial charge in [-0.25, -0.2) is 9.98 Å². The molecule has 13 heteroatoms. The van der Waals surface area contributed by atoms with E-state index in [0.29, 0.717) is 37.2 Å². The van der Waals surface area contributed by atoms with Gasteiger partial charge in [0.05, 0.1) is 7.11 Å². The van der Waals surface area contributed by atoms with Crippen LogP contribution >= 0.6 is 0 Å². The number of piperazine rings is 1. The summed E-state index contributed by atoms with van der Waals surface area (Å²) in [6.45, 7) is 6.01. The van der Waals surface area contributed by atoms with Gasteiger partial charge in [-0.15, -0.1) is 0 Å². The lowest BCUT2D eigenvalue weighted by atomic mass is 9.83. The van der Waals surface area contributed by atoms with Crippen molar-refractivity contribution in [3.8, 4) is 5.88 Å². The number of alkyl halides is 2. The van der Waals surface area contributed by atoms with E-state index in [2.05, 4.69) is 25.5 Å². The maximum atomic E-state index is 15.2. The second-order valence-electron chi connectivity index (χ2n) is 12.2. The summed E-state index contributed by atoms with van der Waals surface area (Å²) in [5.74, 6) is -7.47. The van der Waals surface area contributed by atoms with Crippen LogP contribution in [0.1, 0.15) is 69.4 Å². The average molecular weight is 655 g/mol. The maximum absolute atomic E-state index is 15.2. The standard InChI is InChI=1S/C34H44F2N6O5/c1-5-27(43)39-29(32(45)42-19-17-41(3)18-20-42)22(2)23-11-14-26(15-12-23)38-31(44)30(24-9-7-6-8-10-24)40-33(46)34(35,36)25-13-16-28(47-4)37-21-25/h11-16,21-22,24,30H,5-10,17-20H2,1-4H3,(H,38,44)(H,40,46)/t22-,30-/m0/s1. The Morgan fingerprint density at radius 3 is 2.26 bits per heavy atom. The van der Waals surface area contributed by atoms with Gasteiger partial charge in [0.2, 0.25) is 17.7 Å². The average Bonchev–Trinajstić information content (AvgIpc) is 3.09. The van der Waals surface area contributed by atoms with Crippen molar-refractivity contribution in [2.24, 2.45) is 10.9 Å². The van der Waals surface area contributed by atoms with Gasteiger partial charge in [-0.2, -0.15) is 8.78 Å². The first kappa shape index (κ1) is 35.6. The van der Waals surface area contributed by atoms with Crippen molar-refractivity contribution >= 4 is 35.0 Å². The summed E-state index contributed by atoms with van der Waals surface area (Å²) in [6.07, 6.45) is 4.90. The van der Waals surface area contributed by atoms with Gasteiger partial charge >= 0.3 is 5.92 Å². The highest BCUT2D eigenvalue weighted by Crippen LogP contribution is 2.32. The van der Waals surface area contributed by atoms with Crippen LogP contribution < -0.4 is 15.4 Å². The Labute approximate surface area is 274 Å². The van der Waals surface area contributed by atoms with Crippen molar-refractivity contribution in [3.05, 3.63) is 53.7 Å². The van der Waals surface area contributed by atoms with Crippen LogP contribution in [0, 0.1) is 5.92 Å². The minimum Gasteiger partial charge on any atom is -0.481 e. The number of aliphatic imine (C=N–C) groups is 1. The van der Waals surface area contributed by atoms with E-state index in [9.17, 15) is 19.2 Å². The van der Waals surface area contributed by atoms with Crippen molar-refractivity contribution in [1.82, 2.24) is 20.1 Å². The Morgan fingerprint density at radius 2 is 1.68 bits per heavy atom. The number of carbonyl (C=O) groups excluding carboxylic acids is 4. The summed E-state index contributed by atoms with van der Waals surface area (Å²) in [6, 6.07) is 7.85. The zero-order chi connectivity index (χ0) is 34.1. The van der Waals surface area contributed by atoms with Crippen molar-refractivity contribution in [2.75, 3.05) is 45.7 Å². The lowest BCUT2D eigenvalue weighted by Gasteiger charge is -2.33.